The summed E-state index contributed by atoms with van der Waals surface area (Å²) >= 11 is 5.43. The summed E-state index contributed by atoms with van der Waals surface area (Å²) in [5.74, 6) is 0.899. The Balaban J connectivity index is 2.14. The van der Waals surface area contributed by atoms with Crippen LogP contribution >= 0.6 is 11.6 Å². The molecule has 1 amide bonds. The van der Waals surface area contributed by atoms with Crippen molar-refractivity contribution in [3.8, 4) is 0 Å². The van der Waals surface area contributed by atoms with Crippen molar-refractivity contribution in [1.29, 1.82) is 0 Å². The van der Waals surface area contributed by atoms with E-state index in [0.717, 1.165) is 19.6 Å². The lowest BCUT2D eigenvalue weighted by Crippen LogP contribution is -2.31. The van der Waals surface area contributed by atoms with Gasteiger partial charge in [-0.3, -0.25) is 4.79 Å². The quantitative estimate of drug-likeness (QED) is 0.700. The molecule has 1 aliphatic rings. The van der Waals surface area contributed by atoms with E-state index in [-0.39, 0.29) is 12.0 Å². The van der Waals surface area contributed by atoms with Gasteiger partial charge in [0, 0.05) is 31.4 Å². The summed E-state index contributed by atoms with van der Waals surface area (Å²) in [7, 11) is 0. The van der Waals surface area contributed by atoms with Crippen molar-refractivity contribution in [3.05, 3.63) is 0 Å². The summed E-state index contributed by atoms with van der Waals surface area (Å²) in [4.78, 5) is 11.1. The summed E-state index contributed by atoms with van der Waals surface area (Å²) < 4.78 is 5.38. The second kappa shape index (κ2) is 5.45. The number of carbonyl (C=O) groups excluding carboxylic acids is 1. The highest BCUT2D eigenvalue weighted by atomic mass is 35.5. The summed E-state index contributed by atoms with van der Waals surface area (Å²) in [6.45, 7) is 3.58. The van der Waals surface area contributed by atoms with Gasteiger partial charge in [-0.1, -0.05) is 0 Å². The van der Waals surface area contributed by atoms with Crippen molar-refractivity contribution in [1.82, 2.24) is 5.32 Å². The summed E-state index contributed by atoms with van der Waals surface area (Å²) in [6.07, 6.45) is 1.72. The second-order valence-corrected chi connectivity index (χ2v) is 3.75. The van der Waals surface area contributed by atoms with E-state index in [0.29, 0.717) is 18.2 Å². The minimum Gasteiger partial charge on any atom is -0.378 e. The molecule has 3 nitrogen and oxygen atoms in total. The Kier molecular flexibility index (Phi) is 4.53. The van der Waals surface area contributed by atoms with Crippen molar-refractivity contribution in [2.75, 3.05) is 19.0 Å². The van der Waals surface area contributed by atoms with Crippen LogP contribution in [0.3, 0.4) is 0 Å². The first-order valence-corrected chi connectivity index (χ1v) is 5.21. The molecule has 1 N–H and O–H groups in total. The van der Waals surface area contributed by atoms with Gasteiger partial charge in [-0.15, -0.1) is 11.6 Å². The average molecular weight is 206 g/mol. The Morgan fingerprint density at radius 1 is 1.69 bits per heavy atom. The van der Waals surface area contributed by atoms with Gasteiger partial charge < -0.3 is 10.1 Å². The zero-order valence-corrected chi connectivity index (χ0v) is 8.64. The van der Waals surface area contributed by atoms with Crippen LogP contribution in [0.25, 0.3) is 0 Å². The molecule has 0 radical (unpaired) electrons. The van der Waals surface area contributed by atoms with Crippen molar-refractivity contribution in [2.24, 2.45) is 5.92 Å². The van der Waals surface area contributed by atoms with Crippen LogP contribution < -0.4 is 5.32 Å². The number of alkyl halides is 1. The van der Waals surface area contributed by atoms with E-state index in [9.17, 15) is 4.79 Å². The predicted molar refractivity (Wildman–Crippen MR) is 51.9 cm³/mol. The van der Waals surface area contributed by atoms with Gasteiger partial charge in [-0.25, -0.2) is 0 Å². The lowest BCUT2D eigenvalue weighted by molar-refractivity contribution is -0.120. The largest absolute Gasteiger partial charge is 0.378 e. The zero-order chi connectivity index (χ0) is 9.68. The standard InChI is InChI=1S/C9H16ClNO2/c1-7-8(3-5-13-7)6-11-9(12)2-4-10/h7-8H,2-6H2,1H3,(H,11,12). The van der Waals surface area contributed by atoms with Crippen LogP contribution in [0.1, 0.15) is 19.8 Å². The fourth-order valence-electron chi connectivity index (χ4n) is 1.46. The minimum atomic E-state index is 0.0362. The predicted octanol–water partition coefficient (Wildman–Crippen LogP) is 1.16. The van der Waals surface area contributed by atoms with E-state index in [2.05, 4.69) is 5.32 Å². The molecule has 13 heavy (non-hydrogen) atoms. The maximum absolute atomic E-state index is 11.1. The van der Waals surface area contributed by atoms with Crippen LogP contribution in [-0.4, -0.2) is 31.0 Å². The molecule has 1 saturated heterocycles. The van der Waals surface area contributed by atoms with Gasteiger partial charge in [0.25, 0.3) is 0 Å². The third kappa shape index (κ3) is 3.53. The Morgan fingerprint density at radius 2 is 2.46 bits per heavy atom. The second-order valence-electron chi connectivity index (χ2n) is 3.37. The number of nitrogens with one attached hydrogen (secondary N) is 1. The van der Waals surface area contributed by atoms with Crippen molar-refractivity contribution in [2.45, 2.75) is 25.9 Å². The van der Waals surface area contributed by atoms with Crippen molar-refractivity contribution < 1.29 is 9.53 Å². The van der Waals surface area contributed by atoms with E-state index >= 15 is 0 Å². The number of halogens is 1. The average Bonchev–Trinajstić information content (AvgIpc) is 2.48. The molecule has 0 aromatic carbocycles. The van der Waals surface area contributed by atoms with Crippen LogP contribution in [0.2, 0.25) is 0 Å². The smallest absolute Gasteiger partial charge is 0.221 e. The first kappa shape index (κ1) is 10.8. The zero-order valence-electron chi connectivity index (χ0n) is 7.88. The number of amides is 1. The van der Waals surface area contributed by atoms with Gasteiger partial charge in [0.1, 0.15) is 0 Å². The maximum Gasteiger partial charge on any atom is 0.221 e. The van der Waals surface area contributed by atoms with Gasteiger partial charge in [0.15, 0.2) is 0 Å². The maximum atomic E-state index is 11.1. The third-order valence-electron chi connectivity index (χ3n) is 2.42. The van der Waals surface area contributed by atoms with Crippen LogP contribution in [0.4, 0.5) is 0 Å². The Bertz CT molecular complexity index is 175. The fourth-order valence-corrected chi connectivity index (χ4v) is 1.63. The van der Waals surface area contributed by atoms with Crippen LogP contribution in [0, 0.1) is 5.92 Å². The van der Waals surface area contributed by atoms with E-state index in [4.69, 9.17) is 16.3 Å². The highest BCUT2D eigenvalue weighted by Gasteiger charge is 2.24. The van der Waals surface area contributed by atoms with Gasteiger partial charge in [-0.05, 0) is 13.3 Å². The molecule has 76 valence electrons. The number of hydrogen-bond acceptors (Lipinski definition) is 2. The molecule has 1 fully saturated rings. The van der Waals surface area contributed by atoms with Crippen LogP contribution in [-0.2, 0) is 9.53 Å². The number of ether oxygens (including phenoxy) is 1. The number of hydrogen-bond donors (Lipinski definition) is 1. The molecular formula is C9H16ClNO2. The van der Waals surface area contributed by atoms with E-state index in [1.165, 1.54) is 0 Å². The van der Waals surface area contributed by atoms with Crippen molar-refractivity contribution >= 4 is 17.5 Å². The first-order valence-electron chi connectivity index (χ1n) is 4.68. The van der Waals surface area contributed by atoms with Gasteiger partial charge in [0.05, 0.1) is 6.10 Å². The lowest BCUT2D eigenvalue weighted by Gasteiger charge is -2.14. The monoisotopic (exact) mass is 205 g/mol. The van der Waals surface area contributed by atoms with Gasteiger partial charge >= 0.3 is 0 Å². The lowest BCUT2D eigenvalue weighted by atomic mass is 10.0. The molecule has 0 saturated carbocycles. The molecule has 2 atom stereocenters. The normalized spacial score (nSPS) is 27.5. The number of carbonyl (C=O) groups is 1. The Labute approximate surface area is 83.8 Å². The van der Waals surface area contributed by atoms with Crippen LogP contribution in [0.15, 0.2) is 0 Å². The summed E-state index contributed by atoms with van der Waals surface area (Å²) in [5.41, 5.74) is 0. The molecule has 2 unspecified atom stereocenters. The highest BCUT2D eigenvalue weighted by Crippen LogP contribution is 2.19. The molecule has 1 rings (SSSR count). The molecule has 0 aromatic rings. The molecule has 0 aromatic heterocycles. The SMILES string of the molecule is CC1OCCC1CNC(=O)CCCl. The Hall–Kier alpha value is -0.280. The molecule has 0 bridgehead atoms. The molecule has 4 heteroatoms. The molecule has 1 aliphatic heterocycles. The molecule has 0 spiro atoms. The Morgan fingerprint density at radius 3 is 3.00 bits per heavy atom. The molecule has 0 aliphatic carbocycles. The van der Waals surface area contributed by atoms with Gasteiger partial charge in [0.2, 0.25) is 5.91 Å². The van der Waals surface area contributed by atoms with E-state index in [1.54, 1.807) is 0 Å². The first-order chi connectivity index (χ1) is 6.24. The van der Waals surface area contributed by atoms with Gasteiger partial charge in [-0.2, -0.15) is 0 Å². The number of rotatable bonds is 4. The summed E-state index contributed by atoms with van der Waals surface area (Å²) in [5, 5.41) is 2.85. The third-order valence-corrected chi connectivity index (χ3v) is 2.61. The highest BCUT2D eigenvalue weighted by molar-refractivity contribution is 6.18. The van der Waals surface area contributed by atoms with E-state index < -0.39 is 0 Å². The minimum absolute atomic E-state index is 0.0362. The molecular weight excluding hydrogens is 190 g/mol. The van der Waals surface area contributed by atoms with E-state index in [1.807, 2.05) is 6.92 Å². The molecule has 1 heterocycles. The summed E-state index contributed by atoms with van der Waals surface area (Å²) in [6, 6.07) is 0. The van der Waals surface area contributed by atoms with Crippen LogP contribution in [0.5, 0.6) is 0 Å². The van der Waals surface area contributed by atoms with Crippen molar-refractivity contribution in [3.63, 3.8) is 0 Å². The topological polar surface area (TPSA) is 38.3 Å². The fraction of sp³-hybridized carbons (Fsp3) is 0.889.